The predicted molar refractivity (Wildman–Crippen MR) is 56.0 cm³/mol. The third-order valence-corrected chi connectivity index (χ3v) is 1.93. The summed E-state index contributed by atoms with van der Waals surface area (Å²) in [7, 11) is 0. The zero-order valence-electron chi connectivity index (χ0n) is 8.68. The maximum absolute atomic E-state index is 11.8. The number of carbonyl (C=O) groups excluding carboxylic acids is 1. The van der Waals surface area contributed by atoms with Crippen LogP contribution in [0.5, 0.6) is 0 Å². The summed E-state index contributed by atoms with van der Waals surface area (Å²) in [6.07, 6.45) is 2.41. The van der Waals surface area contributed by atoms with E-state index in [9.17, 15) is 4.79 Å². The lowest BCUT2D eigenvalue weighted by Crippen LogP contribution is -2.32. The Morgan fingerprint density at radius 2 is 2.40 bits per heavy atom. The topological polar surface area (TPSA) is 57.0 Å². The Balaban J connectivity index is 2.77. The largest absolute Gasteiger partial charge is 0.324 e. The monoisotopic (exact) mass is 203 g/mol. The molecule has 0 aliphatic rings. The minimum absolute atomic E-state index is 0.114. The van der Waals surface area contributed by atoms with Crippen molar-refractivity contribution in [2.24, 2.45) is 0 Å². The molecule has 0 spiro atoms. The molecule has 0 N–H and O–H groups in total. The maximum atomic E-state index is 11.8. The average molecular weight is 203 g/mol. The fraction of sp³-hybridized carbons (Fsp3) is 0.364. The number of amides is 1. The molecule has 1 aromatic heterocycles. The quantitative estimate of drug-likeness (QED) is 0.696. The number of aromatic nitrogens is 1. The van der Waals surface area contributed by atoms with Crippen molar-refractivity contribution in [1.82, 2.24) is 9.88 Å². The highest BCUT2D eigenvalue weighted by Gasteiger charge is 2.14. The minimum atomic E-state index is -0.181. The number of pyridine rings is 1. The zero-order chi connectivity index (χ0) is 11.1. The molecule has 0 aliphatic heterocycles. The second-order valence-corrected chi connectivity index (χ2v) is 3.10. The van der Waals surface area contributed by atoms with Crippen LogP contribution in [0.1, 0.15) is 23.8 Å². The van der Waals surface area contributed by atoms with E-state index in [1.54, 1.807) is 24.4 Å². The first-order valence-corrected chi connectivity index (χ1v) is 4.86. The lowest BCUT2D eigenvalue weighted by Gasteiger charge is -2.17. The van der Waals surface area contributed by atoms with Gasteiger partial charge in [-0.3, -0.25) is 9.78 Å². The van der Waals surface area contributed by atoms with E-state index < -0.39 is 0 Å². The zero-order valence-corrected chi connectivity index (χ0v) is 8.68. The van der Waals surface area contributed by atoms with E-state index in [0.717, 1.165) is 6.42 Å². The fourth-order valence-corrected chi connectivity index (χ4v) is 1.26. The highest BCUT2D eigenvalue weighted by atomic mass is 16.2. The first-order valence-electron chi connectivity index (χ1n) is 4.86. The summed E-state index contributed by atoms with van der Waals surface area (Å²) in [5, 5.41) is 8.59. The molecular formula is C11H13N3O. The molecule has 1 heterocycles. The average Bonchev–Trinajstić information content (AvgIpc) is 2.29. The second kappa shape index (κ2) is 5.76. The van der Waals surface area contributed by atoms with Gasteiger partial charge in [-0.25, -0.2) is 0 Å². The van der Waals surface area contributed by atoms with Gasteiger partial charge in [0.25, 0.3) is 5.91 Å². The smallest absolute Gasteiger partial charge is 0.273 e. The van der Waals surface area contributed by atoms with Crippen LogP contribution in [0.25, 0.3) is 0 Å². The number of rotatable bonds is 4. The van der Waals surface area contributed by atoms with Gasteiger partial charge in [-0.1, -0.05) is 13.0 Å². The fourth-order valence-electron chi connectivity index (χ4n) is 1.26. The first kappa shape index (κ1) is 11.2. The van der Waals surface area contributed by atoms with Crippen molar-refractivity contribution >= 4 is 5.91 Å². The molecule has 1 rings (SSSR count). The van der Waals surface area contributed by atoms with E-state index in [1.807, 2.05) is 13.0 Å². The molecule has 0 saturated heterocycles. The van der Waals surface area contributed by atoms with Crippen LogP contribution in [0.4, 0.5) is 0 Å². The number of nitriles is 1. The van der Waals surface area contributed by atoms with Crippen LogP contribution < -0.4 is 0 Å². The van der Waals surface area contributed by atoms with Gasteiger partial charge in [0.2, 0.25) is 0 Å². The van der Waals surface area contributed by atoms with Gasteiger partial charge in [-0.15, -0.1) is 0 Å². The lowest BCUT2D eigenvalue weighted by atomic mass is 10.3. The number of hydrogen-bond acceptors (Lipinski definition) is 3. The van der Waals surface area contributed by atoms with Gasteiger partial charge >= 0.3 is 0 Å². The summed E-state index contributed by atoms with van der Waals surface area (Å²) in [5.74, 6) is -0.181. The summed E-state index contributed by atoms with van der Waals surface area (Å²) in [4.78, 5) is 17.3. The Kier molecular flexibility index (Phi) is 4.30. The lowest BCUT2D eigenvalue weighted by molar-refractivity contribution is 0.0770. The summed E-state index contributed by atoms with van der Waals surface area (Å²) < 4.78 is 0. The third-order valence-electron chi connectivity index (χ3n) is 1.93. The molecule has 15 heavy (non-hydrogen) atoms. The van der Waals surface area contributed by atoms with Crippen molar-refractivity contribution in [3.63, 3.8) is 0 Å². The van der Waals surface area contributed by atoms with Crippen molar-refractivity contribution < 1.29 is 4.79 Å². The summed E-state index contributed by atoms with van der Waals surface area (Å²) in [5.41, 5.74) is 0.390. The molecule has 0 saturated carbocycles. The molecular weight excluding hydrogens is 190 g/mol. The number of nitrogens with zero attached hydrogens (tertiary/aromatic N) is 3. The normalized spacial score (nSPS) is 9.33. The molecule has 0 aliphatic carbocycles. The molecule has 1 amide bonds. The first-order chi connectivity index (χ1) is 7.29. The highest BCUT2D eigenvalue weighted by Crippen LogP contribution is 2.01. The van der Waals surface area contributed by atoms with Crippen LogP contribution in [-0.2, 0) is 0 Å². The SMILES string of the molecule is CCCN(CC#N)C(=O)c1ccccn1. The van der Waals surface area contributed by atoms with Gasteiger partial charge in [0.15, 0.2) is 0 Å². The maximum Gasteiger partial charge on any atom is 0.273 e. The molecule has 4 heteroatoms. The molecule has 0 radical (unpaired) electrons. The Morgan fingerprint density at radius 3 is 2.93 bits per heavy atom. The molecule has 0 atom stereocenters. The summed E-state index contributed by atoms with van der Waals surface area (Å²) in [6.45, 7) is 2.67. The molecule has 0 fully saturated rings. The van der Waals surface area contributed by atoms with Gasteiger partial charge in [0.05, 0.1) is 6.07 Å². The molecule has 0 bridgehead atoms. The van der Waals surface area contributed by atoms with Gasteiger partial charge in [0.1, 0.15) is 12.2 Å². The van der Waals surface area contributed by atoms with Gasteiger partial charge < -0.3 is 4.90 Å². The van der Waals surface area contributed by atoms with Gasteiger partial charge in [-0.2, -0.15) is 5.26 Å². The van der Waals surface area contributed by atoms with Gasteiger partial charge in [-0.05, 0) is 18.6 Å². The standard InChI is InChI=1S/C11H13N3O/c1-2-8-14(9-6-12)11(15)10-5-3-4-7-13-10/h3-5,7H,2,8-9H2,1H3. The minimum Gasteiger partial charge on any atom is -0.324 e. The highest BCUT2D eigenvalue weighted by molar-refractivity contribution is 5.92. The molecule has 4 nitrogen and oxygen atoms in total. The summed E-state index contributed by atoms with van der Waals surface area (Å²) in [6, 6.07) is 7.15. The van der Waals surface area contributed by atoms with E-state index in [-0.39, 0.29) is 12.5 Å². The molecule has 0 unspecified atom stereocenters. The van der Waals surface area contributed by atoms with E-state index in [0.29, 0.717) is 12.2 Å². The van der Waals surface area contributed by atoms with Crippen molar-refractivity contribution in [1.29, 1.82) is 5.26 Å². The van der Waals surface area contributed by atoms with Crippen LogP contribution in [-0.4, -0.2) is 28.9 Å². The van der Waals surface area contributed by atoms with E-state index >= 15 is 0 Å². The Bertz CT molecular complexity index is 356. The van der Waals surface area contributed by atoms with Crippen LogP contribution in [0.2, 0.25) is 0 Å². The van der Waals surface area contributed by atoms with Crippen molar-refractivity contribution in [3.8, 4) is 6.07 Å². The Labute approximate surface area is 89.2 Å². The predicted octanol–water partition coefficient (Wildman–Crippen LogP) is 1.46. The van der Waals surface area contributed by atoms with Crippen LogP contribution >= 0.6 is 0 Å². The third kappa shape index (κ3) is 3.06. The second-order valence-electron chi connectivity index (χ2n) is 3.10. The Morgan fingerprint density at radius 1 is 1.60 bits per heavy atom. The Hall–Kier alpha value is -1.89. The summed E-state index contributed by atoms with van der Waals surface area (Å²) >= 11 is 0. The van der Waals surface area contributed by atoms with Crippen LogP contribution in [0.15, 0.2) is 24.4 Å². The molecule has 1 aromatic rings. The van der Waals surface area contributed by atoms with Crippen molar-refractivity contribution in [3.05, 3.63) is 30.1 Å². The van der Waals surface area contributed by atoms with Crippen LogP contribution in [0.3, 0.4) is 0 Å². The van der Waals surface area contributed by atoms with E-state index in [2.05, 4.69) is 4.98 Å². The van der Waals surface area contributed by atoms with Crippen molar-refractivity contribution in [2.45, 2.75) is 13.3 Å². The van der Waals surface area contributed by atoms with E-state index in [1.165, 1.54) is 4.90 Å². The van der Waals surface area contributed by atoms with Gasteiger partial charge in [0, 0.05) is 12.7 Å². The molecule has 78 valence electrons. The van der Waals surface area contributed by atoms with Crippen LogP contribution in [0, 0.1) is 11.3 Å². The molecule has 0 aromatic carbocycles. The number of hydrogen-bond donors (Lipinski definition) is 0. The van der Waals surface area contributed by atoms with E-state index in [4.69, 9.17) is 5.26 Å². The van der Waals surface area contributed by atoms with Crippen molar-refractivity contribution in [2.75, 3.05) is 13.1 Å². The number of carbonyl (C=O) groups is 1.